The molecule has 6 nitrogen and oxygen atoms in total. The summed E-state index contributed by atoms with van der Waals surface area (Å²) in [5.41, 5.74) is 1.15. The molecule has 0 heterocycles. The Morgan fingerprint density at radius 3 is 1.94 bits per heavy atom. The maximum Gasteiger partial charge on any atom is 0.413 e. The van der Waals surface area contributed by atoms with Gasteiger partial charge in [0, 0.05) is 19.8 Å². The van der Waals surface area contributed by atoms with Gasteiger partial charge in [0.2, 0.25) is 10.0 Å². The second-order valence-corrected chi connectivity index (χ2v) is 5.79. The number of amides is 1. The molecule has 1 aromatic carbocycles. The minimum Gasteiger partial charge on any atom is -0.452 e. The van der Waals surface area contributed by atoms with Crippen LogP contribution in [0.1, 0.15) is 0 Å². The lowest BCUT2D eigenvalue weighted by Gasteiger charge is -2.19. The van der Waals surface area contributed by atoms with Crippen LogP contribution in [0.4, 0.5) is 16.2 Å². The van der Waals surface area contributed by atoms with Crippen LogP contribution in [0.15, 0.2) is 24.3 Å². The van der Waals surface area contributed by atoms with Gasteiger partial charge in [-0.15, -0.1) is 0 Å². The largest absolute Gasteiger partial charge is 0.452 e. The number of hydrogen-bond donors (Lipinski definition) is 0. The van der Waals surface area contributed by atoms with E-state index in [4.69, 9.17) is 0 Å². The third kappa shape index (κ3) is 3.13. The summed E-state index contributed by atoms with van der Waals surface area (Å²) < 4.78 is 28.4. The van der Waals surface area contributed by atoms with E-state index >= 15 is 0 Å². The minimum absolute atomic E-state index is 0.487. The van der Waals surface area contributed by atoms with Crippen LogP contribution in [0.2, 0.25) is 0 Å². The molecule has 18 heavy (non-hydrogen) atoms. The SMILES string of the molecule is COC(=O)N(C)c1ccc(N(C)S(C)(=O)=O)cc1. The molecule has 0 spiro atoms. The molecule has 1 amide bonds. The molecule has 0 unspecified atom stereocenters. The van der Waals surface area contributed by atoms with Crippen LogP contribution in [0.25, 0.3) is 0 Å². The summed E-state index contributed by atoms with van der Waals surface area (Å²) in [5.74, 6) is 0. The van der Waals surface area contributed by atoms with Gasteiger partial charge in [0.05, 0.1) is 19.1 Å². The molecule has 1 aromatic rings. The summed E-state index contributed by atoms with van der Waals surface area (Å²) in [7, 11) is 1.05. The maximum atomic E-state index is 11.3. The number of benzene rings is 1. The van der Waals surface area contributed by atoms with Crippen molar-refractivity contribution in [2.45, 2.75) is 0 Å². The maximum absolute atomic E-state index is 11.3. The monoisotopic (exact) mass is 272 g/mol. The van der Waals surface area contributed by atoms with Gasteiger partial charge in [0.15, 0.2) is 0 Å². The van der Waals surface area contributed by atoms with E-state index in [1.165, 1.54) is 19.1 Å². The van der Waals surface area contributed by atoms with E-state index < -0.39 is 16.1 Å². The fraction of sp³-hybridized carbons (Fsp3) is 0.364. The summed E-state index contributed by atoms with van der Waals surface area (Å²) in [4.78, 5) is 12.6. The van der Waals surface area contributed by atoms with E-state index in [9.17, 15) is 13.2 Å². The molecule has 0 atom stereocenters. The number of hydrogen-bond acceptors (Lipinski definition) is 4. The molecule has 0 aliphatic rings. The van der Waals surface area contributed by atoms with Gasteiger partial charge >= 0.3 is 6.09 Å². The molecule has 0 radical (unpaired) electrons. The van der Waals surface area contributed by atoms with Gasteiger partial charge in [-0.3, -0.25) is 9.21 Å². The molecule has 0 aromatic heterocycles. The number of sulfonamides is 1. The van der Waals surface area contributed by atoms with Gasteiger partial charge < -0.3 is 4.74 Å². The number of methoxy groups -OCH3 is 1. The van der Waals surface area contributed by atoms with E-state index in [0.717, 1.165) is 10.6 Å². The molecule has 7 heteroatoms. The third-order valence-corrected chi connectivity index (χ3v) is 3.75. The highest BCUT2D eigenvalue weighted by Crippen LogP contribution is 2.21. The second-order valence-electron chi connectivity index (χ2n) is 3.78. The third-order valence-electron chi connectivity index (χ3n) is 2.55. The van der Waals surface area contributed by atoms with E-state index in [2.05, 4.69) is 4.74 Å². The van der Waals surface area contributed by atoms with Crippen molar-refractivity contribution in [2.75, 3.05) is 36.7 Å². The van der Waals surface area contributed by atoms with Crippen molar-refractivity contribution in [3.63, 3.8) is 0 Å². The second kappa shape index (κ2) is 5.26. The first kappa shape index (κ1) is 14.3. The average Bonchev–Trinajstić information content (AvgIpc) is 2.35. The Labute approximate surface area is 107 Å². The average molecular weight is 272 g/mol. The highest BCUT2D eigenvalue weighted by atomic mass is 32.2. The molecule has 0 N–H and O–H groups in total. The number of rotatable bonds is 3. The van der Waals surface area contributed by atoms with Gasteiger partial charge in [-0.25, -0.2) is 13.2 Å². The van der Waals surface area contributed by atoms with Crippen LogP contribution in [0, 0.1) is 0 Å². The lowest BCUT2D eigenvalue weighted by atomic mass is 10.2. The summed E-state index contributed by atoms with van der Waals surface area (Å²) in [6.07, 6.45) is 0.640. The zero-order valence-corrected chi connectivity index (χ0v) is 11.6. The smallest absolute Gasteiger partial charge is 0.413 e. The molecule has 0 fully saturated rings. The van der Waals surface area contributed by atoms with Crippen LogP contribution < -0.4 is 9.21 Å². The number of carbonyl (C=O) groups excluding carboxylic acids is 1. The molecule has 0 aliphatic carbocycles. The quantitative estimate of drug-likeness (QED) is 0.831. The van der Waals surface area contributed by atoms with Crippen LogP contribution >= 0.6 is 0 Å². The highest BCUT2D eigenvalue weighted by Gasteiger charge is 2.14. The van der Waals surface area contributed by atoms with Crippen LogP contribution in [-0.4, -0.2) is 42.0 Å². The van der Waals surface area contributed by atoms with Crippen molar-refractivity contribution < 1.29 is 17.9 Å². The van der Waals surface area contributed by atoms with Crippen molar-refractivity contribution in [1.82, 2.24) is 0 Å². The fourth-order valence-corrected chi connectivity index (χ4v) is 1.82. The Hall–Kier alpha value is -1.76. The molecular weight excluding hydrogens is 256 g/mol. The van der Waals surface area contributed by atoms with Gasteiger partial charge in [-0.2, -0.15) is 0 Å². The van der Waals surface area contributed by atoms with E-state index in [-0.39, 0.29) is 0 Å². The van der Waals surface area contributed by atoms with Crippen LogP contribution in [-0.2, 0) is 14.8 Å². The summed E-state index contributed by atoms with van der Waals surface area (Å²) in [6, 6.07) is 6.54. The van der Waals surface area contributed by atoms with E-state index in [1.807, 2.05) is 0 Å². The summed E-state index contributed by atoms with van der Waals surface area (Å²) >= 11 is 0. The van der Waals surface area contributed by atoms with Gasteiger partial charge in [0.1, 0.15) is 0 Å². The Morgan fingerprint density at radius 2 is 1.56 bits per heavy atom. The molecular formula is C11H16N2O4S. The van der Waals surface area contributed by atoms with Gasteiger partial charge in [0.25, 0.3) is 0 Å². The zero-order valence-electron chi connectivity index (χ0n) is 10.7. The first-order valence-corrected chi connectivity index (χ1v) is 6.98. The molecule has 0 saturated carbocycles. The Balaban J connectivity index is 2.97. The van der Waals surface area contributed by atoms with E-state index in [1.54, 1.807) is 31.3 Å². The van der Waals surface area contributed by atoms with Crippen molar-refractivity contribution in [3.8, 4) is 0 Å². The molecule has 1 rings (SSSR count). The van der Waals surface area contributed by atoms with Crippen molar-refractivity contribution in [3.05, 3.63) is 24.3 Å². The first-order valence-electron chi connectivity index (χ1n) is 5.13. The molecule has 0 aliphatic heterocycles. The van der Waals surface area contributed by atoms with Crippen LogP contribution in [0.5, 0.6) is 0 Å². The van der Waals surface area contributed by atoms with Crippen molar-refractivity contribution in [1.29, 1.82) is 0 Å². The normalized spacial score (nSPS) is 10.9. The van der Waals surface area contributed by atoms with E-state index in [0.29, 0.717) is 11.4 Å². The summed E-state index contributed by atoms with van der Waals surface area (Å²) in [6.45, 7) is 0. The minimum atomic E-state index is -3.28. The van der Waals surface area contributed by atoms with Crippen molar-refractivity contribution >= 4 is 27.5 Å². The Bertz CT molecular complexity index is 524. The highest BCUT2D eigenvalue weighted by molar-refractivity contribution is 7.92. The number of carbonyl (C=O) groups is 1. The Kier molecular flexibility index (Phi) is 4.18. The lowest BCUT2D eigenvalue weighted by molar-refractivity contribution is 0.180. The fourth-order valence-electron chi connectivity index (χ4n) is 1.32. The topological polar surface area (TPSA) is 66.9 Å². The Morgan fingerprint density at radius 1 is 1.11 bits per heavy atom. The standard InChI is InChI=1S/C11H16N2O4S/c1-12(11(14)17-3)9-5-7-10(8-6-9)13(2)18(4,15)16/h5-8H,1-4H3. The first-order chi connectivity index (χ1) is 8.27. The number of ether oxygens (including phenoxy) is 1. The predicted octanol–water partition coefficient (Wildman–Crippen LogP) is 1.29. The lowest BCUT2D eigenvalue weighted by Crippen LogP contribution is -2.26. The molecule has 0 saturated heterocycles. The summed E-state index contributed by atoms with van der Waals surface area (Å²) in [5, 5.41) is 0. The molecule has 100 valence electrons. The van der Waals surface area contributed by atoms with Gasteiger partial charge in [-0.1, -0.05) is 0 Å². The number of nitrogens with zero attached hydrogens (tertiary/aromatic N) is 2. The van der Waals surface area contributed by atoms with Gasteiger partial charge in [-0.05, 0) is 24.3 Å². The predicted molar refractivity (Wildman–Crippen MR) is 70.5 cm³/mol. The number of anilines is 2. The van der Waals surface area contributed by atoms with Crippen LogP contribution in [0.3, 0.4) is 0 Å². The zero-order chi connectivity index (χ0) is 13.9. The molecule has 0 bridgehead atoms. The van der Waals surface area contributed by atoms with Crippen molar-refractivity contribution in [2.24, 2.45) is 0 Å².